The molecule has 1 amide bonds. The highest BCUT2D eigenvalue weighted by atomic mass is 79.9. The van der Waals surface area contributed by atoms with Gasteiger partial charge in [-0.2, -0.15) is 0 Å². The summed E-state index contributed by atoms with van der Waals surface area (Å²) in [5, 5.41) is 2.92. The third-order valence-electron chi connectivity index (χ3n) is 2.96. The Morgan fingerprint density at radius 3 is 2.47 bits per heavy atom. The van der Waals surface area contributed by atoms with E-state index in [1.807, 2.05) is 24.3 Å². The summed E-state index contributed by atoms with van der Waals surface area (Å²) in [4.78, 5) is 11.9. The van der Waals surface area contributed by atoms with Crippen molar-refractivity contribution in [2.75, 3.05) is 5.32 Å². The van der Waals surface area contributed by atoms with Gasteiger partial charge in [-0.3, -0.25) is 4.79 Å². The first-order chi connectivity index (χ1) is 7.65. The number of benzene rings is 1. The number of hydrogen-bond donors (Lipinski definition) is 2. The molecule has 0 aromatic heterocycles. The molecule has 1 aromatic carbocycles. The Morgan fingerprint density at radius 2 is 1.94 bits per heavy atom. The first-order valence-corrected chi connectivity index (χ1v) is 6.26. The minimum atomic E-state index is 0. The summed E-state index contributed by atoms with van der Waals surface area (Å²) in [6.07, 6.45) is 2.67. The van der Waals surface area contributed by atoms with Crippen molar-refractivity contribution in [1.29, 1.82) is 0 Å². The van der Waals surface area contributed by atoms with Crippen LogP contribution in [-0.2, 0) is 4.79 Å². The molecule has 0 saturated heterocycles. The molecular weight excluding hydrogens is 304 g/mol. The summed E-state index contributed by atoms with van der Waals surface area (Å²) in [6, 6.07) is 7.79. The van der Waals surface area contributed by atoms with E-state index < -0.39 is 0 Å². The number of carbonyl (C=O) groups excluding carboxylic acids is 1. The summed E-state index contributed by atoms with van der Waals surface area (Å²) in [7, 11) is 0. The summed E-state index contributed by atoms with van der Waals surface area (Å²) < 4.78 is 1.01. The molecule has 1 aromatic rings. The molecule has 2 atom stereocenters. The number of nitrogens with one attached hydrogen (secondary N) is 1. The van der Waals surface area contributed by atoms with E-state index in [1.54, 1.807) is 0 Å². The SMILES string of the molecule is Cl.NC1CCC(C(=O)Nc2ccc(Br)cc2)C1. The van der Waals surface area contributed by atoms with Crippen molar-refractivity contribution in [3.05, 3.63) is 28.7 Å². The van der Waals surface area contributed by atoms with Crippen molar-refractivity contribution in [1.82, 2.24) is 0 Å². The van der Waals surface area contributed by atoms with Gasteiger partial charge in [0.25, 0.3) is 0 Å². The molecule has 0 bridgehead atoms. The number of anilines is 1. The van der Waals surface area contributed by atoms with Crippen LogP contribution in [-0.4, -0.2) is 11.9 Å². The topological polar surface area (TPSA) is 55.1 Å². The maximum atomic E-state index is 11.9. The second-order valence-corrected chi connectivity index (χ2v) is 5.18. The first-order valence-electron chi connectivity index (χ1n) is 5.47. The fourth-order valence-corrected chi connectivity index (χ4v) is 2.30. The standard InChI is InChI=1S/C12H15BrN2O.ClH/c13-9-2-5-11(6-3-9)15-12(16)8-1-4-10(14)7-8;/h2-3,5-6,8,10H,1,4,7,14H2,(H,15,16);1H. The largest absolute Gasteiger partial charge is 0.328 e. The lowest BCUT2D eigenvalue weighted by atomic mass is 10.1. The molecule has 0 aliphatic heterocycles. The van der Waals surface area contributed by atoms with Gasteiger partial charge in [0.05, 0.1) is 0 Å². The van der Waals surface area contributed by atoms with Crippen LogP contribution in [0.4, 0.5) is 5.69 Å². The fourth-order valence-electron chi connectivity index (χ4n) is 2.03. The average molecular weight is 320 g/mol. The molecule has 94 valence electrons. The second-order valence-electron chi connectivity index (χ2n) is 4.27. The zero-order valence-corrected chi connectivity index (χ0v) is 11.8. The zero-order chi connectivity index (χ0) is 11.5. The quantitative estimate of drug-likeness (QED) is 0.880. The van der Waals surface area contributed by atoms with Crippen LogP contribution in [0.15, 0.2) is 28.7 Å². The molecule has 5 heteroatoms. The van der Waals surface area contributed by atoms with E-state index in [1.165, 1.54) is 0 Å². The lowest BCUT2D eigenvalue weighted by molar-refractivity contribution is -0.119. The maximum Gasteiger partial charge on any atom is 0.227 e. The highest BCUT2D eigenvalue weighted by Gasteiger charge is 2.27. The molecule has 1 aliphatic rings. The smallest absolute Gasteiger partial charge is 0.227 e. The monoisotopic (exact) mass is 318 g/mol. The summed E-state index contributed by atoms with van der Waals surface area (Å²) in [6.45, 7) is 0. The van der Waals surface area contributed by atoms with Gasteiger partial charge >= 0.3 is 0 Å². The van der Waals surface area contributed by atoms with Crippen LogP contribution >= 0.6 is 28.3 Å². The van der Waals surface area contributed by atoms with Crippen molar-refractivity contribution in [3.8, 4) is 0 Å². The van der Waals surface area contributed by atoms with Crippen LogP contribution < -0.4 is 11.1 Å². The van der Waals surface area contributed by atoms with E-state index in [2.05, 4.69) is 21.2 Å². The van der Waals surface area contributed by atoms with Gasteiger partial charge in [0.2, 0.25) is 5.91 Å². The van der Waals surface area contributed by atoms with Gasteiger partial charge < -0.3 is 11.1 Å². The van der Waals surface area contributed by atoms with Gasteiger partial charge in [-0.1, -0.05) is 15.9 Å². The van der Waals surface area contributed by atoms with Gasteiger partial charge in [0.1, 0.15) is 0 Å². The Balaban J connectivity index is 0.00000144. The summed E-state index contributed by atoms with van der Waals surface area (Å²) in [5.41, 5.74) is 6.63. The number of carbonyl (C=O) groups is 1. The number of amides is 1. The van der Waals surface area contributed by atoms with E-state index in [0.29, 0.717) is 0 Å². The van der Waals surface area contributed by atoms with Gasteiger partial charge in [0.15, 0.2) is 0 Å². The predicted molar refractivity (Wildman–Crippen MR) is 75.3 cm³/mol. The molecule has 1 aliphatic carbocycles. The number of rotatable bonds is 2. The van der Waals surface area contributed by atoms with E-state index in [-0.39, 0.29) is 30.3 Å². The Hall–Kier alpha value is -0.580. The fraction of sp³-hybridized carbons (Fsp3) is 0.417. The Kier molecular flexibility index (Phi) is 5.43. The maximum absolute atomic E-state index is 11.9. The van der Waals surface area contributed by atoms with Crippen LogP contribution in [0.3, 0.4) is 0 Å². The molecular formula is C12H16BrClN2O. The van der Waals surface area contributed by atoms with Gasteiger partial charge in [-0.05, 0) is 43.5 Å². The van der Waals surface area contributed by atoms with E-state index >= 15 is 0 Å². The molecule has 17 heavy (non-hydrogen) atoms. The van der Waals surface area contributed by atoms with Crippen LogP contribution in [0.2, 0.25) is 0 Å². The average Bonchev–Trinajstić information content (AvgIpc) is 2.68. The first kappa shape index (κ1) is 14.5. The van der Waals surface area contributed by atoms with E-state index in [0.717, 1.165) is 29.4 Å². The van der Waals surface area contributed by atoms with Gasteiger partial charge in [-0.15, -0.1) is 12.4 Å². The summed E-state index contributed by atoms with van der Waals surface area (Å²) >= 11 is 3.36. The Bertz CT molecular complexity index is 383. The summed E-state index contributed by atoms with van der Waals surface area (Å²) in [5.74, 6) is 0.175. The molecule has 3 N–H and O–H groups in total. The molecule has 3 nitrogen and oxygen atoms in total. The third kappa shape index (κ3) is 3.98. The highest BCUT2D eigenvalue weighted by Crippen LogP contribution is 2.25. The second kappa shape index (κ2) is 6.38. The van der Waals surface area contributed by atoms with E-state index in [4.69, 9.17) is 5.73 Å². The minimum absolute atomic E-state index is 0. The minimum Gasteiger partial charge on any atom is -0.328 e. The van der Waals surface area contributed by atoms with Crippen LogP contribution in [0.1, 0.15) is 19.3 Å². The van der Waals surface area contributed by atoms with Crippen molar-refractivity contribution < 1.29 is 4.79 Å². The van der Waals surface area contributed by atoms with Crippen molar-refractivity contribution in [3.63, 3.8) is 0 Å². The Morgan fingerprint density at radius 1 is 1.29 bits per heavy atom. The number of nitrogens with two attached hydrogens (primary N) is 1. The van der Waals surface area contributed by atoms with Crippen LogP contribution in [0.5, 0.6) is 0 Å². The zero-order valence-electron chi connectivity index (χ0n) is 9.36. The third-order valence-corrected chi connectivity index (χ3v) is 3.48. The normalized spacial score (nSPS) is 22.9. The van der Waals surface area contributed by atoms with Crippen LogP contribution in [0, 0.1) is 5.92 Å². The molecule has 0 spiro atoms. The molecule has 2 unspecified atom stereocenters. The highest BCUT2D eigenvalue weighted by molar-refractivity contribution is 9.10. The van der Waals surface area contributed by atoms with Crippen LogP contribution in [0.25, 0.3) is 0 Å². The van der Waals surface area contributed by atoms with E-state index in [9.17, 15) is 4.79 Å². The molecule has 1 saturated carbocycles. The molecule has 1 fully saturated rings. The Labute approximate surface area is 116 Å². The molecule has 0 radical (unpaired) electrons. The lowest BCUT2D eigenvalue weighted by Crippen LogP contribution is -2.23. The number of halogens is 2. The predicted octanol–water partition coefficient (Wildman–Crippen LogP) is 2.94. The van der Waals surface area contributed by atoms with Crippen molar-refractivity contribution >= 4 is 39.9 Å². The lowest BCUT2D eigenvalue weighted by Gasteiger charge is -2.10. The van der Waals surface area contributed by atoms with Gasteiger partial charge in [-0.25, -0.2) is 0 Å². The molecule has 0 heterocycles. The van der Waals surface area contributed by atoms with Gasteiger partial charge in [0, 0.05) is 22.1 Å². The van der Waals surface area contributed by atoms with Crippen molar-refractivity contribution in [2.24, 2.45) is 11.7 Å². The van der Waals surface area contributed by atoms with Crippen molar-refractivity contribution in [2.45, 2.75) is 25.3 Å². The number of hydrogen-bond acceptors (Lipinski definition) is 2. The molecule has 2 rings (SSSR count).